The highest BCUT2D eigenvalue weighted by Gasteiger charge is 2.38. The maximum Gasteiger partial charge on any atom is 0.00709 e. The first-order chi connectivity index (χ1) is 4.77. The first kappa shape index (κ1) is 6.62. The molecule has 2 heteroatoms. The van der Waals surface area contributed by atoms with Crippen LogP contribution in [0.3, 0.4) is 0 Å². The average molecular weight is 140 g/mol. The highest BCUT2D eigenvalue weighted by Crippen LogP contribution is 2.39. The second kappa shape index (κ2) is 2.21. The monoisotopic (exact) mass is 140 g/mol. The molecule has 3 aliphatic carbocycles. The molecule has 2 unspecified atom stereocenters. The van der Waals surface area contributed by atoms with Gasteiger partial charge in [-0.2, -0.15) is 0 Å². The second-order valence-electron chi connectivity index (χ2n) is 3.90. The summed E-state index contributed by atoms with van der Waals surface area (Å²) in [4.78, 5) is 0. The van der Waals surface area contributed by atoms with Crippen LogP contribution < -0.4 is 11.5 Å². The van der Waals surface area contributed by atoms with E-state index >= 15 is 0 Å². The van der Waals surface area contributed by atoms with Crippen molar-refractivity contribution >= 4 is 0 Å². The van der Waals surface area contributed by atoms with Crippen molar-refractivity contribution in [3.63, 3.8) is 0 Å². The van der Waals surface area contributed by atoms with E-state index in [1.807, 2.05) is 0 Å². The minimum atomic E-state index is 0.471. The van der Waals surface area contributed by atoms with Crippen LogP contribution in [-0.2, 0) is 0 Å². The van der Waals surface area contributed by atoms with Crippen LogP contribution in [0.1, 0.15) is 25.7 Å². The Bertz CT molecular complexity index is 119. The van der Waals surface area contributed by atoms with E-state index in [1.54, 1.807) is 0 Å². The van der Waals surface area contributed by atoms with Crippen molar-refractivity contribution < 1.29 is 0 Å². The SMILES string of the molecule is N[C@H]1CC2CCC1C[C@@H]2N. The van der Waals surface area contributed by atoms with Crippen LogP contribution in [-0.4, -0.2) is 12.1 Å². The van der Waals surface area contributed by atoms with Gasteiger partial charge in [0.15, 0.2) is 0 Å². The molecule has 0 aromatic heterocycles. The van der Waals surface area contributed by atoms with Crippen molar-refractivity contribution in [2.45, 2.75) is 37.8 Å². The Morgan fingerprint density at radius 1 is 0.800 bits per heavy atom. The van der Waals surface area contributed by atoms with Gasteiger partial charge in [-0.25, -0.2) is 0 Å². The zero-order valence-electron chi connectivity index (χ0n) is 6.29. The quantitative estimate of drug-likeness (QED) is 0.513. The lowest BCUT2D eigenvalue weighted by atomic mass is 9.66. The summed E-state index contributed by atoms with van der Waals surface area (Å²) >= 11 is 0. The third-order valence-electron chi connectivity index (χ3n) is 3.27. The highest BCUT2D eigenvalue weighted by molar-refractivity contribution is 4.94. The smallest absolute Gasteiger partial charge is 0.00709 e. The molecular weight excluding hydrogens is 124 g/mol. The van der Waals surface area contributed by atoms with Crippen molar-refractivity contribution in [1.29, 1.82) is 0 Å². The third-order valence-corrected chi connectivity index (χ3v) is 3.27. The van der Waals surface area contributed by atoms with Crippen molar-refractivity contribution in [2.24, 2.45) is 23.3 Å². The molecule has 10 heavy (non-hydrogen) atoms. The molecule has 0 saturated heterocycles. The first-order valence-electron chi connectivity index (χ1n) is 4.28. The minimum Gasteiger partial charge on any atom is -0.327 e. The fourth-order valence-corrected chi connectivity index (χ4v) is 2.53. The third kappa shape index (κ3) is 0.867. The van der Waals surface area contributed by atoms with Gasteiger partial charge in [0.1, 0.15) is 0 Å². The van der Waals surface area contributed by atoms with E-state index in [0.717, 1.165) is 11.8 Å². The van der Waals surface area contributed by atoms with Gasteiger partial charge in [0, 0.05) is 12.1 Å². The zero-order chi connectivity index (χ0) is 7.14. The molecule has 2 nitrogen and oxygen atoms in total. The largest absolute Gasteiger partial charge is 0.327 e. The van der Waals surface area contributed by atoms with Crippen molar-refractivity contribution in [1.82, 2.24) is 0 Å². The topological polar surface area (TPSA) is 52.0 Å². The number of rotatable bonds is 0. The lowest BCUT2D eigenvalue weighted by Gasteiger charge is -2.44. The lowest BCUT2D eigenvalue weighted by molar-refractivity contribution is 0.122. The molecule has 0 aromatic carbocycles. The molecule has 0 spiro atoms. The van der Waals surface area contributed by atoms with Gasteiger partial charge in [-0.3, -0.25) is 0 Å². The van der Waals surface area contributed by atoms with Crippen molar-refractivity contribution in [2.75, 3.05) is 0 Å². The van der Waals surface area contributed by atoms with E-state index in [2.05, 4.69) is 0 Å². The maximum absolute atomic E-state index is 5.93. The van der Waals surface area contributed by atoms with E-state index in [0.29, 0.717) is 12.1 Å². The van der Waals surface area contributed by atoms with Gasteiger partial charge in [0.05, 0.1) is 0 Å². The number of fused-ring (bicyclic) bond motifs is 3. The molecule has 0 heterocycles. The Morgan fingerprint density at radius 3 is 1.40 bits per heavy atom. The van der Waals surface area contributed by atoms with E-state index in [4.69, 9.17) is 11.5 Å². The van der Waals surface area contributed by atoms with Crippen LogP contribution in [0, 0.1) is 11.8 Å². The van der Waals surface area contributed by atoms with Gasteiger partial charge in [-0.1, -0.05) is 0 Å². The molecule has 4 atom stereocenters. The van der Waals surface area contributed by atoms with E-state index < -0.39 is 0 Å². The molecular formula is C8H16N2. The Balaban J connectivity index is 2.09. The Hall–Kier alpha value is -0.0800. The predicted molar refractivity (Wildman–Crippen MR) is 41.4 cm³/mol. The summed E-state index contributed by atoms with van der Waals surface area (Å²) in [5.74, 6) is 1.50. The van der Waals surface area contributed by atoms with Crippen LogP contribution in [0.15, 0.2) is 0 Å². The van der Waals surface area contributed by atoms with Gasteiger partial charge >= 0.3 is 0 Å². The van der Waals surface area contributed by atoms with Crippen LogP contribution in [0.25, 0.3) is 0 Å². The molecule has 0 aromatic rings. The van der Waals surface area contributed by atoms with Crippen LogP contribution in [0.5, 0.6) is 0 Å². The fraction of sp³-hybridized carbons (Fsp3) is 1.00. The van der Waals surface area contributed by atoms with Crippen LogP contribution in [0.2, 0.25) is 0 Å². The summed E-state index contributed by atoms with van der Waals surface area (Å²) in [6, 6.07) is 0.942. The highest BCUT2D eigenvalue weighted by atomic mass is 14.8. The molecule has 0 radical (unpaired) electrons. The zero-order valence-corrected chi connectivity index (χ0v) is 6.29. The molecule has 3 fully saturated rings. The van der Waals surface area contributed by atoms with E-state index in [-0.39, 0.29) is 0 Å². The minimum absolute atomic E-state index is 0.471. The Labute approximate surface area is 62.0 Å². The molecule has 0 aliphatic heterocycles. The van der Waals surface area contributed by atoms with Crippen LogP contribution >= 0.6 is 0 Å². The van der Waals surface area contributed by atoms with Crippen molar-refractivity contribution in [3.05, 3.63) is 0 Å². The molecule has 4 N–H and O–H groups in total. The van der Waals surface area contributed by atoms with E-state index in [1.165, 1.54) is 25.7 Å². The van der Waals surface area contributed by atoms with Gasteiger partial charge in [-0.05, 0) is 37.5 Å². The normalized spacial score (nSPS) is 53.4. The maximum atomic E-state index is 5.93. The summed E-state index contributed by atoms with van der Waals surface area (Å²) in [7, 11) is 0. The van der Waals surface area contributed by atoms with Crippen molar-refractivity contribution in [3.8, 4) is 0 Å². The van der Waals surface area contributed by atoms with Crippen LogP contribution in [0.4, 0.5) is 0 Å². The molecule has 58 valence electrons. The Morgan fingerprint density at radius 2 is 1.20 bits per heavy atom. The summed E-state index contributed by atoms with van der Waals surface area (Å²) in [6.45, 7) is 0. The lowest BCUT2D eigenvalue weighted by Crippen LogP contribution is -2.50. The summed E-state index contributed by atoms with van der Waals surface area (Å²) in [5.41, 5.74) is 11.9. The summed E-state index contributed by atoms with van der Waals surface area (Å²) in [5, 5.41) is 0. The van der Waals surface area contributed by atoms with Gasteiger partial charge in [0.25, 0.3) is 0 Å². The standard InChI is InChI=1S/C8H16N2/c9-7-4-6-2-1-5(7)3-8(6)10/h5-8H,1-4,9-10H2/t5?,6?,7-,8-/m0/s1. The number of nitrogens with two attached hydrogens (primary N) is 2. The summed E-state index contributed by atoms with van der Waals surface area (Å²) < 4.78 is 0. The molecule has 2 bridgehead atoms. The first-order valence-corrected chi connectivity index (χ1v) is 4.28. The number of hydrogen-bond acceptors (Lipinski definition) is 2. The fourth-order valence-electron chi connectivity index (χ4n) is 2.53. The molecule has 0 amide bonds. The summed E-state index contributed by atoms with van der Waals surface area (Å²) in [6.07, 6.45) is 5.04. The van der Waals surface area contributed by atoms with Gasteiger partial charge < -0.3 is 11.5 Å². The number of hydrogen-bond donors (Lipinski definition) is 2. The molecule has 3 rings (SSSR count). The predicted octanol–water partition coefficient (Wildman–Crippen LogP) is 0.461. The van der Waals surface area contributed by atoms with Gasteiger partial charge in [0.2, 0.25) is 0 Å². The average Bonchev–Trinajstić information content (AvgIpc) is 1.91. The molecule has 3 saturated carbocycles. The molecule has 3 aliphatic rings. The van der Waals surface area contributed by atoms with E-state index in [9.17, 15) is 0 Å². The Kier molecular flexibility index (Phi) is 1.46. The second-order valence-corrected chi connectivity index (χ2v) is 3.90. The van der Waals surface area contributed by atoms with Gasteiger partial charge in [-0.15, -0.1) is 0 Å².